The number of urea groups is 1. The first-order valence-corrected chi connectivity index (χ1v) is 13.8. The number of rotatable bonds is 3. The number of hydrogen-bond acceptors (Lipinski definition) is 7. The summed E-state index contributed by atoms with van der Waals surface area (Å²) < 4.78 is 5.44. The van der Waals surface area contributed by atoms with Crippen molar-refractivity contribution in [3.05, 3.63) is 11.6 Å². The Balaban J connectivity index is 0.000000247. The lowest BCUT2D eigenvalue weighted by molar-refractivity contribution is 0.0104. The van der Waals surface area contributed by atoms with Crippen molar-refractivity contribution >= 4 is 28.6 Å². The topological polar surface area (TPSA) is 81.3 Å². The van der Waals surface area contributed by atoms with E-state index in [-0.39, 0.29) is 27.0 Å². The van der Waals surface area contributed by atoms with Crippen molar-refractivity contribution in [2.24, 2.45) is 0 Å². The van der Waals surface area contributed by atoms with Crippen molar-refractivity contribution < 1.29 is 14.3 Å². The first-order valence-electron chi connectivity index (χ1n) is 12.9. The molecule has 212 valence electrons. The molecule has 4 bridgehead atoms. The second-order valence-corrected chi connectivity index (χ2v) is 12.6. The summed E-state index contributed by atoms with van der Waals surface area (Å²) in [6.07, 6.45) is 3.78. The molecule has 10 heteroatoms. The number of anilines is 1. The molecule has 5 heterocycles. The van der Waals surface area contributed by atoms with E-state index in [9.17, 15) is 9.59 Å². The first-order chi connectivity index (χ1) is 16.4. The fourth-order valence-electron chi connectivity index (χ4n) is 5.90. The average Bonchev–Trinajstić information content (AvgIpc) is 3.58. The van der Waals surface area contributed by atoms with Crippen molar-refractivity contribution in [3.8, 4) is 0 Å². The maximum Gasteiger partial charge on any atom is 0.410 e. The Morgan fingerprint density at radius 1 is 0.919 bits per heavy atom. The maximum atomic E-state index is 12.1. The Morgan fingerprint density at radius 3 is 1.81 bits per heavy atom. The van der Waals surface area contributed by atoms with Crippen LogP contribution in [0.5, 0.6) is 0 Å². The van der Waals surface area contributed by atoms with Gasteiger partial charge in [0.15, 0.2) is 5.13 Å². The summed E-state index contributed by atoms with van der Waals surface area (Å²) in [5.74, 6) is 0. The molecule has 0 unspecified atom stereocenters. The van der Waals surface area contributed by atoms with E-state index in [1.54, 1.807) is 6.20 Å². The van der Waals surface area contributed by atoms with Gasteiger partial charge in [0.05, 0.1) is 0 Å². The lowest BCUT2D eigenvalue weighted by Gasteiger charge is -2.37. The van der Waals surface area contributed by atoms with Crippen molar-refractivity contribution in [1.29, 1.82) is 0 Å². The summed E-state index contributed by atoms with van der Waals surface area (Å²) >= 11 is 1.46. The molecule has 4 atom stereocenters. The van der Waals surface area contributed by atoms with Crippen LogP contribution in [0.4, 0.5) is 14.7 Å². The number of hydrogen-bond donors (Lipinski definition) is 1. The summed E-state index contributed by atoms with van der Waals surface area (Å²) in [6.45, 7) is 18.3. The molecule has 1 N–H and O–H groups in total. The van der Waals surface area contributed by atoms with E-state index in [0.29, 0.717) is 41.4 Å². The van der Waals surface area contributed by atoms with Gasteiger partial charge in [-0.1, -0.05) is 14.9 Å². The van der Waals surface area contributed by atoms with Crippen LogP contribution < -0.4 is 5.32 Å². The molecule has 3 amide bonds. The molecule has 4 fully saturated rings. The van der Waals surface area contributed by atoms with Crippen molar-refractivity contribution in [2.45, 2.75) is 118 Å². The Labute approximate surface area is 228 Å². The van der Waals surface area contributed by atoms with Crippen LogP contribution in [-0.2, 0) is 4.74 Å². The van der Waals surface area contributed by atoms with Crippen LogP contribution in [0, 0.1) is 0 Å². The third kappa shape index (κ3) is 7.15. The molecular formula is C27H50N6O3S. The second-order valence-electron chi connectivity index (χ2n) is 11.7. The predicted octanol–water partition coefficient (Wildman–Crippen LogP) is 5.20. The van der Waals surface area contributed by atoms with E-state index >= 15 is 0 Å². The zero-order valence-electron chi connectivity index (χ0n) is 22.2. The molecule has 0 aliphatic carbocycles. The molecule has 1 aromatic rings. The number of fused-ring (bicyclic) bond motifs is 4. The molecule has 5 rings (SSSR count). The van der Waals surface area contributed by atoms with Gasteiger partial charge in [-0.05, 0) is 61.3 Å². The molecule has 0 spiro atoms. The SMILES string of the molecule is C.C.CC(C)N1C[C@@H]2C[C@H]1CN2C(=O)Nc1nccs1.CC(C)N1C[C@@H]2C[C@H]1CN2C(=O)OC(C)(C)C. The van der Waals surface area contributed by atoms with E-state index in [0.717, 1.165) is 39.0 Å². The second kappa shape index (κ2) is 12.3. The van der Waals surface area contributed by atoms with Gasteiger partial charge in [0.2, 0.25) is 0 Å². The normalized spacial score (nSPS) is 26.6. The summed E-state index contributed by atoms with van der Waals surface area (Å²) in [7, 11) is 0. The summed E-state index contributed by atoms with van der Waals surface area (Å²) in [6, 6.07) is 2.95. The van der Waals surface area contributed by atoms with Crippen LogP contribution >= 0.6 is 11.3 Å². The lowest BCUT2D eigenvalue weighted by atomic mass is 10.2. The molecule has 9 nitrogen and oxygen atoms in total. The predicted molar refractivity (Wildman–Crippen MR) is 152 cm³/mol. The monoisotopic (exact) mass is 538 g/mol. The largest absolute Gasteiger partial charge is 0.444 e. The molecule has 0 saturated carbocycles. The van der Waals surface area contributed by atoms with E-state index in [2.05, 4.69) is 47.8 Å². The Hall–Kier alpha value is -1.91. The fourth-order valence-corrected chi connectivity index (χ4v) is 6.42. The van der Waals surface area contributed by atoms with Crippen LogP contribution in [0.1, 0.15) is 76.2 Å². The number of piperazine rings is 2. The smallest absolute Gasteiger partial charge is 0.410 e. The Morgan fingerprint density at radius 2 is 1.43 bits per heavy atom. The van der Waals surface area contributed by atoms with Gasteiger partial charge in [0.1, 0.15) is 5.60 Å². The van der Waals surface area contributed by atoms with Gasteiger partial charge in [0.25, 0.3) is 0 Å². The molecule has 4 saturated heterocycles. The third-order valence-electron chi connectivity index (χ3n) is 7.43. The fraction of sp³-hybridized carbons (Fsp3) is 0.815. The van der Waals surface area contributed by atoms with Gasteiger partial charge in [-0.2, -0.15) is 0 Å². The van der Waals surface area contributed by atoms with Crippen molar-refractivity contribution in [3.63, 3.8) is 0 Å². The molecule has 4 aliphatic heterocycles. The van der Waals surface area contributed by atoms with Gasteiger partial charge in [-0.15, -0.1) is 11.3 Å². The minimum Gasteiger partial charge on any atom is -0.444 e. The number of ether oxygens (including phenoxy) is 1. The number of carbonyl (C=O) groups excluding carboxylic acids is 2. The molecule has 1 aromatic heterocycles. The lowest BCUT2D eigenvalue weighted by Crippen LogP contribution is -2.51. The van der Waals surface area contributed by atoms with E-state index < -0.39 is 5.60 Å². The van der Waals surface area contributed by atoms with E-state index in [4.69, 9.17) is 4.74 Å². The van der Waals surface area contributed by atoms with Crippen LogP contribution in [0.3, 0.4) is 0 Å². The first kappa shape index (κ1) is 31.3. The van der Waals surface area contributed by atoms with Crippen LogP contribution in [-0.4, -0.2) is 105 Å². The quantitative estimate of drug-likeness (QED) is 0.570. The highest BCUT2D eigenvalue weighted by Gasteiger charge is 2.47. The number of aromatic nitrogens is 1. The summed E-state index contributed by atoms with van der Waals surface area (Å²) in [5.41, 5.74) is -0.392. The van der Waals surface area contributed by atoms with Gasteiger partial charge in [0, 0.05) is 74.0 Å². The number of carbonyl (C=O) groups is 2. The molecule has 4 aliphatic rings. The van der Waals surface area contributed by atoms with Gasteiger partial charge >= 0.3 is 12.1 Å². The molecule has 0 aromatic carbocycles. The highest BCUT2D eigenvalue weighted by molar-refractivity contribution is 7.13. The number of thiazole rings is 1. The minimum atomic E-state index is -0.392. The number of nitrogens with one attached hydrogen (secondary N) is 1. The van der Waals surface area contributed by atoms with Crippen molar-refractivity contribution in [1.82, 2.24) is 24.6 Å². The number of nitrogens with zero attached hydrogens (tertiary/aromatic N) is 5. The standard InChI is InChI=1S/C13H24N2O2.C12H18N4OS.2CH4/c1-9(2)14-7-11-6-10(14)8-15(11)12(16)17-13(3,4)5;1-8(2)15-6-10-5-9(15)7-16(10)12(17)14-11-13-3-4-18-11;;/h9-11H,6-8H2,1-5H3;3-4,8-10H,5-7H2,1-2H3,(H,13,14,17);2*1H4/t10-,11-;9-,10-;;/m00../s1. The highest BCUT2D eigenvalue weighted by Crippen LogP contribution is 2.34. The van der Waals surface area contributed by atoms with Crippen LogP contribution in [0.15, 0.2) is 11.6 Å². The summed E-state index contributed by atoms with van der Waals surface area (Å²) in [4.78, 5) is 37.1. The zero-order chi connectivity index (χ0) is 25.5. The Kier molecular flexibility index (Phi) is 10.4. The van der Waals surface area contributed by atoms with Gasteiger partial charge in [-0.3, -0.25) is 15.1 Å². The molecular weight excluding hydrogens is 488 g/mol. The van der Waals surface area contributed by atoms with Gasteiger partial charge in [-0.25, -0.2) is 14.6 Å². The van der Waals surface area contributed by atoms with Crippen LogP contribution in [0.2, 0.25) is 0 Å². The molecule has 37 heavy (non-hydrogen) atoms. The number of amides is 3. The zero-order valence-corrected chi connectivity index (χ0v) is 23.0. The maximum absolute atomic E-state index is 12.1. The highest BCUT2D eigenvalue weighted by atomic mass is 32.1. The minimum absolute atomic E-state index is 0. The van der Waals surface area contributed by atoms with E-state index in [1.807, 2.05) is 36.0 Å². The average molecular weight is 539 g/mol. The van der Waals surface area contributed by atoms with E-state index in [1.165, 1.54) is 11.3 Å². The number of likely N-dealkylation sites (tertiary alicyclic amines) is 4. The third-order valence-corrected chi connectivity index (χ3v) is 8.12. The van der Waals surface area contributed by atoms with Crippen molar-refractivity contribution in [2.75, 3.05) is 31.5 Å². The van der Waals surface area contributed by atoms with Gasteiger partial charge < -0.3 is 14.5 Å². The Bertz CT molecular complexity index is 887. The molecule has 0 radical (unpaired) electrons. The van der Waals surface area contributed by atoms with Crippen LogP contribution in [0.25, 0.3) is 0 Å². The summed E-state index contributed by atoms with van der Waals surface area (Å²) in [5, 5.41) is 5.42.